The second kappa shape index (κ2) is 5.38. The molecule has 0 amide bonds. The lowest BCUT2D eigenvalue weighted by Crippen LogP contribution is -2.31. The van der Waals surface area contributed by atoms with E-state index in [0.29, 0.717) is 6.04 Å². The van der Waals surface area contributed by atoms with E-state index >= 15 is 0 Å². The summed E-state index contributed by atoms with van der Waals surface area (Å²) in [5, 5.41) is 9.09. The highest BCUT2D eigenvalue weighted by Crippen LogP contribution is 2.30. The highest BCUT2D eigenvalue weighted by atomic mass is 79.9. The highest BCUT2D eigenvalue weighted by Gasteiger charge is 2.25. The maximum Gasteiger partial charge on any atom is 0.0682 e. The summed E-state index contributed by atoms with van der Waals surface area (Å²) in [6.45, 7) is 2.27. The van der Waals surface area contributed by atoms with Crippen molar-refractivity contribution in [3.8, 4) is 0 Å². The van der Waals surface area contributed by atoms with Crippen LogP contribution in [0.2, 0.25) is 0 Å². The third-order valence-corrected chi connectivity index (χ3v) is 4.06. The first-order chi connectivity index (χ1) is 8.11. The van der Waals surface area contributed by atoms with Gasteiger partial charge in [0, 0.05) is 23.6 Å². The van der Waals surface area contributed by atoms with Crippen molar-refractivity contribution in [1.82, 2.24) is 4.90 Å². The Hall–Kier alpha value is -0.580. The maximum atomic E-state index is 9.09. The fraction of sp³-hybridized carbons (Fsp3) is 0.538. The quantitative estimate of drug-likeness (QED) is 0.926. The van der Waals surface area contributed by atoms with Gasteiger partial charge in [0.05, 0.1) is 12.3 Å². The third kappa shape index (κ3) is 2.81. The molecule has 0 bridgehead atoms. The number of hydrogen-bond donors (Lipinski definition) is 1. The second-order valence-electron chi connectivity index (χ2n) is 4.80. The Morgan fingerprint density at radius 3 is 2.76 bits per heavy atom. The fourth-order valence-corrected chi connectivity index (χ4v) is 2.96. The smallest absolute Gasteiger partial charge is 0.0682 e. The minimum atomic E-state index is 0.0964. The van der Waals surface area contributed by atoms with Crippen LogP contribution in [-0.4, -0.2) is 43.2 Å². The Morgan fingerprint density at radius 2 is 2.24 bits per heavy atom. The van der Waals surface area contributed by atoms with Crippen LogP contribution in [-0.2, 0) is 6.61 Å². The van der Waals surface area contributed by atoms with Crippen LogP contribution in [0.3, 0.4) is 0 Å². The summed E-state index contributed by atoms with van der Waals surface area (Å²) in [5.74, 6) is 0. The number of rotatable bonds is 3. The van der Waals surface area contributed by atoms with E-state index in [1.165, 1.54) is 12.1 Å². The van der Waals surface area contributed by atoms with E-state index < -0.39 is 0 Å². The van der Waals surface area contributed by atoms with Crippen LogP contribution in [0.25, 0.3) is 0 Å². The molecule has 17 heavy (non-hydrogen) atoms. The molecule has 3 nitrogen and oxygen atoms in total. The molecule has 1 aromatic carbocycles. The molecule has 4 heteroatoms. The van der Waals surface area contributed by atoms with Gasteiger partial charge in [-0.15, -0.1) is 0 Å². The van der Waals surface area contributed by atoms with E-state index in [4.69, 9.17) is 5.11 Å². The van der Waals surface area contributed by atoms with E-state index in [1.807, 2.05) is 12.1 Å². The van der Waals surface area contributed by atoms with Gasteiger partial charge in [-0.05, 0) is 54.1 Å². The molecule has 1 aromatic rings. The molecule has 1 N–H and O–H groups in total. The molecule has 2 rings (SSSR count). The van der Waals surface area contributed by atoms with Gasteiger partial charge in [0.1, 0.15) is 0 Å². The molecule has 0 radical (unpaired) electrons. The van der Waals surface area contributed by atoms with Gasteiger partial charge in [-0.3, -0.25) is 0 Å². The Labute approximate surface area is 111 Å². The number of nitrogens with zero attached hydrogens (tertiary/aromatic N) is 2. The van der Waals surface area contributed by atoms with E-state index in [2.05, 4.69) is 45.9 Å². The van der Waals surface area contributed by atoms with Gasteiger partial charge in [0.25, 0.3) is 0 Å². The number of likely N-dealkylation sites (N-methyl/N-ethyl adjacent to an activating group) is 1. The van der Waals surface area contributed by atoms with Crippen LogP contribution in [0.1, 0.15) is 12.0 Å². The molecule has 1 fully saturated rings. The first kappa shape index (κ1) is 12.9. The standard InChI is InChI=1S/C13H19BrN2O/c1-15(2)11-5-6-16(8-11)13-4-3-10(9-17)7-12(13)14/h3-4,7,11,17H,5-6,8-9H2,1-2H3. The normalized spacial score (nSPS) is 20.3. The van der Waals surface area contributed by atoms with Crippen LogP contribution in [0.4, 0.5) is 5.69 Å². The largest absolute Gasteiger partial charge is 0.392 e. The summed E-state index contributed by atoms with van der Waals surface area (Å²) in [6, 6.07) is 6.72. The fourth-order valence-electron chi connectivity index (χ4n) is 2.29. The van der Waals surface area contributed by atoms with Crippen LogP contribution in [0.5, 0.6) is 0 Å². The van der Waals surface area contributed by atoms with E-state index in [-0.39, 0.29) is 6.61 Å². The van der Waals surface area contributed by atoms with Gasteiger partial charge in [-0.1, -0.05) is 6.07 Å². The number of benzene rings is 1. The summed E-state index contributed by atoms with van der Waals surface area (Å²) in [6.07, 6.45) is 1.21. The average molecular weight is 299 g/mol. The Balaban J connectivity index is 2.13. The van der Waals surface area contributed by atoms with Gasteiger partial charge >= 0.3 is 0 Å². The van der Waals surface area contributed by atoms with Crippen molar-refractivity contribution in [3.05, 3.63) is 28.2 Å². The molecular formula is C13H19BrN2O. The Morgan fingerprint density at radius 1 is 1.47 bits per heavy atom. The molecule has 1 heterocycles. The molecule has 1 aliphatic rings. The molecule has 94 valence electrons. The first-order valence-electron chi connectivity index (χ1n) is 5.92. The van der Waals surface area contributed by atoms with Gasteiger partial charge in [0.15, 0.2) is 0 Å². The van der Waals surface area contributed by atoms with Crippen LogP contribution in [0.15, 0.2) is 22.7 Å². The molecule has 1 saturated heterocycles. The highest BCUT2D eigenvalue weighted by molar-refractivity contribution is 9.10. The van der Waals surface area contributed by atoms with Crippen molar-refractivity contribution in [2.45, 2.75) is 19.1 Å². The maximum absolute atomic E-state index is 9.09. The summed E-state index contributed by atoms with van der Waals surface area (Å²) in [4.78, 5) is 4.69. The van der Waals surface area contributed by atoms with Gasteiger partial charge in [-0.25, -0.2) is 0 Å². The number of anilines is 1. The lowest BCUT2D eigenvalue weighted by Gasteiger charge is -2.23. The van der Waals surface area contributed by atoms with E-state index in [1.54, 1.807) is 0 Å². The van der Waals surface area contributed by atoms with E-state index in [9.17, 15) is 0 Å². The molecule has 0 spiro atoms. The minimum Gasteiger partial charge on any atom is -0.392 e. The molecule has 1 aliphatic heterocycles. The minimum absolute atomic E-state index is 0.0964. The van der Waals surface area contributed by atoms with Crippen molar-refractivity contribution >= 4 is 21.6 Å². The molecule has 0 aliphatic carbocycles. The van der Waals surface area contributed by atoms with Crippen LogP contribution < -0.4 is 4.90 Å². The monoisotopic (exact) mass is 298 g/mol. The molecule has 0 aromatic heterocycles. The summed E-state index contributed by atoms with van der Waals surface area (Å²) < 4.78 is 1.07. The number of aliphatic hydroxyl groups excluding tert-OH is 1. The zero-order valence-corrected chi connectivity index (χ0v) is 11.9. The number of halogens is 1. The van der Waals surface area contributed by atoms with Crippen LogP contribution >= 0.6 is 15.9 Å². The topological polar surface area (TPSA) is 26.7 Å². The SMILES string of the molecule is CN(C)C1CCN(c2ccc(CO)cc2Br)C1. The molecular weight excluding hydrogens is 280 g/mol. The summed E-state index contributed by atoms with van der Waals surface area (Å²) >= 11 is 3.59. The van der Waals surface area contributed by atoms with Crippen molar-refractivity contribution in [2.24, 2.45) is 0 Å². The zero-order valence-electron chi connectivity index (χ0n) is 10.4. The summed E-state index contributed by atoms with van der Waals surface area (Å²) in [5.41, 5.74) is 2.18. The van der Waals surface area contributed by atoms with Gasteiger partial charge in [-0.2, -0.15) is 0 Å². The zero-order chi connectivity index (χ0) is 12.4. The van der Waals surface area contributed by atoms with Crippen molar-refractivity contribution in [2.75, 3.05) is 32.1 Å². The van der Waals surface area contributed by atoms with Gasteiger partial charge in [0.2, 0.25) is 0 Å². The number of aliphatic hydroxyl groups is 1. The van der Waals surface area contributed by atoms with Gasteiger partial charge < -0.3 is 14.9 Å². The molecule has 1 unspecified atom stereocenters. The first-order valence-corrected chi connectivity index (χ1v) is 6.71. The summed E-state index contributed by atoms with van der Waals surface area (Å²) in [7, 11) is 4.27. The lowest BCUT2D eigenvalue weighted by atomic mass is 10.2. The molecule has 0 saturated carbocycles. The number of hydrogen-bond acceptors (Lipinski definition) is 3. The van der Waals surface area contributed by atoms with Crippen molar-refractivity contribution in [1.29, 1.82) is 0 Å². The predicted octanol–water partition coefficient (Wildman–Crippen LogP) is 2.08. The predicted molar refractivity (Wildman–Crippen MR) is 74.4 cm³/mol. The second-order valence-corrected chi connectivity index (χ2v) is 5.65. The Bertz CT molecular complexity index is 395. The average Bonchev–Trinajstić information content (AvgIpc) is 2.78. The van der Waals surface area contributed by atoms with Crippen molar-refractivity contribution < 1.29 is 5.11 Å². The Kier molecular flexibility index (Phi) is 4.07. The van der Waals surface area contributed by atoms with Crippen molar-refractivity contribution in [3.63, 3.8) is 0 Å². The lowest BCUT2D eigenvalue weighted by molar-refractivity contribution is 0.282. The van der Waals surface area contributed by atoms with E-state index in [0.717, 1.165) is 23.1 Å². The third-order valence-electron chi connectivity index (χ3n) is 3.43. The molecule has 1 atom stereocenters. The van der Waals surface area contributed by atoms with Crippen LogP contribution in [0, 0.1) is 0 Å².